The quantitative estimate of drug-likeness (QED) is 0.482. The van der Waals surface area contributed by atoms with Crippen molar-refractivity contribution in [2.75, 3.05) is 5.33 Å². The molecule has 0 saturated carbocycles. The molecule has 0 N–H and O–H groups in total. The van der Waals surface area contributed by atoms with E-state index < -0.39 is 0 Å². The number of carbonyl (C=O) groups excluding carboxylic acids is 1. The van der Waals surface area contributed by atoms with E-state index in [1.165, 1.54) is 32.1 Å². The SMILES string of the molecule is Br.CCCCCCCCC(=O)CBr. The average molecular weight is 316 g/mol. The number of hydrogen-bond acceptors (Lipinski definition) is 1. The summed E-state index contributed by atoms with van der Waals surface area (Å²) in [4.78, 5) is 10.9. The van der Waals surface area contributed by atoms with Crippen molar-refractivity contribution in [2.24, 2.45) is 0 Å². The predicted molar refractivity (Wildman–Crippen MR) is 67.1 cm³/mol. The van der Waals surface area contributed by atoms with Crippen LogP contribution in [-0.2, 0) is 4.79 Å². The minimum Gasteiger partial charge on any atom is -0.299 e. The molecule has 0 unspecified atom stereocenters. The molecule has 0 radical (unpaired) electrons. The molecular weight excluding hydrogens is 296 g/mol. The molecule has 0 aliphatic rings. The van der Waals surface area contributed by atoms with E-state index in [9.17, 15) is 4.79 Å². The Balaban J connectivity index is 0. The van der Waals surface area contributed by atoms with E-state index >= 15 is 0 Å². The zero-order chi connectivity index (χ0) is 9.23. The molecule has 0 spiro atoms. The zero-order valence-electron chi connectivity index (χ0n) is 8.35. The van der Waals surface area contributed by atoms with E-state index in [0.717, 1.165) is 12.8 Å². The van der Waals surface area contributed by atoms with Gasteiger partial charge < -0.3 is 0 Å². The van der Waals surface area contributed by atoms with Crippen molar-refractivity contribution in [3.8, 4) is 0 Å². The number of halogens is 2. The van der Waals surface area contributed by atoms with Gasteiger partial charge in [-0.3, -0.25) is 4.79 Å². The molecule has 0 aliphatic carbocycles. The molecule has 0 rings (SSSR count). The molecule has 0 aromatic rings. The maximum absolute atomic E-state index is 10.9. The average Bonchev–Trinajstić information content (AvgIpc) is 2.10. The lowest BCUT2D eigenvalue weighted by atomic mass is 10.1. The molecule has 80 valence electrons. The Morgan fingerprint density at radius 3 is 2.15 bits per heavy atom. The lowest BCUT2D eigenvalue weighted by Crippen LogP contribution is -1.97. The molecular formula is C10H20Br2O. The maximum atomic E-state index is 10.9. The molecule has 0 aliphatic heterocycles. The van der Waals surface area contributed by atoms with Crippen molar-refractivity contribution in [3.05, 3.63) is 0 Å². The van der Waals surface area contributed by atoms with Crippen molar-refractivity contribution in [2.45, 2.75) is 51.9 Å². The highest BCUT2D eigenvalue weighted by molar-refractivity contribution is 9.09. The molecule has 0 aromatic heterocycles. The third-order valence-electron chi connectivity index (χ3n) is 1.96. The molecule has 3 heteroatoms. The summed E-state index contributed by atoms with van der Waals surface area (Å²) in [6.45, 7) is 2.22. The first-order valence-electron chi connectivity index (χ1n) is 4.89. The van der Waals surface area contributed by atoms with Crippen LogP contribution >= 0.6 is 32.9 Å². The molecule has 0 saturated heterocycles. The summed E-state index contributed by atoms with van der Waals surface area (Å²) in [6, 6.07) is 0. The monoisotopic (exact) mass is 314 g/mol. The smallest absolute Gasteiger partial charge is 0.143 e. The van der Waals surface area contributed by atoms with Crippen LogP contribution in [-0.4, -0.2) is 11.1 Å². The van der Waals surface area contributed by atoms with Gasteiger partial charge in [0.15, 0.2) is 0 Å². The van der Waals surface area contributed by atoms with Gasteiger partial charge in [-0.05, 0) is 6.42 Å². The van der Waals surface area contributed by atoms with Crippen LogP contribution in [0, 0.1) is 0 Å². The summed E-state index contributed by atoms with van der Waals surface area (Å²) in [5.41, 5.74) is 0. The fraction of sp³-hybridized carbons (Fsp3) is 0.900. The Kier molecular flexibility index (Phi) is 15.6. The lowest BCUT2D eigenvalue weighted by molar-refractivity contribution is -0.116. The van der Waals surface area contributed by atoms with Gasteiger partial charge in [0, 0.05) is 6.42 Å². The molecule has 0 amide bonds. The molecule has 0 fully saturated rings. The van der Waals surface area contributed by atoms with Crippen LogP contribution in [0.4, 0.5) is 0 Å². The van der Waals surface area contributed by atoms with Crippen LogP contribution in [0.2, 0.25) is 0 Å². The summed E-state index contributed by atoms with van der Waals surface area (Å²) in [5, 5.41) is 0.530. The zero-order valence-corrected chi connectivity index (χ0v) is 11.7. The van der Waals surface area contributed by atoms with Crippen LogP contribution in [0.25, 0.3) is 0 Å². The Labute approximate surface area is 101 Å². The lowest BCUT2D eigenvalue weighted by Gasteiger charge is -1.98. The van der Waals surface area contributed by atoms with Crippen LogP contribution < -0.4 is 0 Å². The fourth-order valence-electron chi connectivity index (χ4n) is 1.17. The van der Waals surface area contributed by atoms with E-state index in [-0.39, 0.29) is 17.0 Å². The van der Waals surface area contributed by atoms with Crippen molar-refractivity contribution >= 4 is 38.7 Å². The Morgan fingerprint density at radius 2 is 1.62 bits per heavy atom. The number of ketones is 1. The summed E-state index contributed by atoms with van der Waals surface area (Å²) < 4.78 is 0. The summed E-state index contributed by atoms with van der Waals surface area (Å²) in [7, 11) is 0. The first-order chi connectivity index (χ1) is 5.81. The number of Topliss-reactive ketones (excluding diaryl/α,β-unsaturated/α-hetero) is 1. The van der Waals surface area contributed by atoms with E-state index in [1.807, 2.05) is 0 Å². The van der Waals surface area contributed by atoms with Gasteiger partial charge in [-0.25, -0.2) is 0 Å². The largest absolute Gasteiger partial charge is 0.299 e. The highest BCUT2D eigenvalue weighted by Crippen LogP contribution is 2.07. The number of carbonyl (C=O) groups is 1. The number of alkyl halides is 1. The first-order valence-corrected chi connectivity index (χ1v) is 6.01. The summed E-state index contributed by atoms with van der Waals surface area (Å²) >= 11 is 3.16. The highest BCUT2D eigenvalue weighted by Gasteiger charge is 1.97. The predicted octanol–water partition coefficient (Wildman–Crippen LogP) is 4.28. The van der Waals surface area contributed by atoms with E-state index in [1.54, 1.807) is 0 Å². The van der Waals surface area contributed by atoms with Crippen LogP contribution in [0.5, 0.6) is 0 Å². The molecule has 0 bridgehead atoms. The molecule has 0 aromatic carbocycles. The Morgan fingerprint density at radius 1 is 1.08 bits per heavy atom. The van der Waals surface area contributed by atoms with Gasteiger partial charge >= 0.3 is 0 Å². The van der Waals surface area contributed by atoms with E-state index in [2.05, 4.69) is 22.9 Å². The molecule has 1 nitrogen and oxygen atoms in total. The van der Waals surface area contributed by atoms with Gasteiger partial charge in [0.05, 0.1) is 5.33 Å². The Bertz CT molecular complexity index is 115. The van der Waals surface area contributed by atoms with Crippen LogP contribution in [0.1, 0.15) is 51.9 Å². The molecule has 13 heavy (non-hydrogen) atoms. The second-order valence-corrected chi connectivity index (χ2v) is 3.75. The minimum absolute atomic E-state index is 0. The minimum atomic E-state index is 0. The molecule has 0 atom stereocenters. The van der Waals surface area contributed by atoms with Gasteiger partial charge in [0.2, 0.25) is 0 Å². The normalized spacial score (nSPS) is 9.38. The van der Waals surface area contributed by atoms with Gasteiger partial charge in [0.1, 0.15) is 5.78 Å². The maximum Gasteiger partial charge on any atom is 0.143 e. The number of unbranched alkanes of at least 4 members (excludes halogenated alkanes) is 5. The fourth-order valence-corrected chi connectivity index (χ4v) is 1.45. The standard InChI is InChI=1S/C10H19BrO.BrH/c1-2-3-4-5-6-7-8-10(12)9-11;/h2-9H2,1H3;1H. The summed E-state index contributed by atoms with van der Waals surface area (Å²) in [5.74, 6) is 0.338. The van der Waals surface area contributed by atoms with Crippen molar-refractivity contribution in [1.29, 1.82) is 0 Å². The van der Waals surface area contributed by atoms with Gasteiger partial charge in [-0.15, -0.1) is 17.0 Å². The topological polar surface area (TPSA) is 17.1 Å². The van der Waals surface area contributed by atoms with Crippen molar-refractivity contribution in [1.82, 2.24) is 0 Å². The van der Waals surface area contributed by atoms with E-state index in [0.29, 0.717) is 11.1 Å². The van der Waals surface area contributed by atoms with Crippen LogP contribution in [0.15, 0.2) is 0 Å². The van der Waals surface area contributed by atoms with Gasteiger partial charge in [-0.1, -0.05) is 55.0 Å². The third kappa shape index (κ3) is 12.6. The second-order valence-electron chi connectivity index (χ2n) is 3.19. The number of rotatable bonds is 8. The van der Waals surface area contributed by atoms with Crippen molar-refractivity contribution < 1.29 is 4.79 Å². The third-order valence-corrected chi connectivity index (χ3v) is 2.58. The molecule has 0 heterocycles. The van der Waals surface area contributed by atoms with Crippen LogP contribution in [0.3, 0.4) is 0 Å². The second kappa shape index (κ2) is 12.6. The summed E-state index contributed by atoms with van der Waals surface area (Å²) in [6.07, 6.45) is 8.32. The van der Waals surface area contributed by atoms with E-state index in [4.69, 9.17) is 0 Å². The Hall–Kier alpha value is 0.630. The number of hydrogen-bond donors (Lipinski definition) is 0. The highest BCUT2D eigenvalue weighted by atomic mass is 79.9. The van der Waals surface area contributed by atoms with Gasteiger partial charge in [0.25, 0.3) is 0 Å². The van der Waals surface area contributed by atoms with Crippen molar-refractivity contribution in [3.63, 3.8) is 0 Å². The van der Waals surface area contributed by atoms with Gasteiger partial charge in [-0.2, -0.15) is 0 Å². The first kappa shape index (κ1) is 16.1.